The molecule has 1 atom stereocenters. The van der Waals surface area contributed by atoms with E-state index in [1.165, 1.54) is 6.20 Å². The number of rotatable bonds is 2. The molecule has 86 valence electrons. The highest BCUT2D eigenvalue weighted by molar-refractivity contribution is 5.92. The van der Waals surface area contributed by atoms with Gasteiger partial charge in [-0.25, -0.2) is 14.8 Å². The minimum Gasteiger partial charge on any atom is -0.477 e. The number of nitrogens with two attached hydrogens (primary N) is 1. The van der Waals surface area contributed by atoms with E-state index in [1.807, 2.05) is 0 Å². The summed E-state index contributed by atoms with van der Waals surface area (Å²) in [4.78, 5) is 18.8. The maximum absolute atomic E-state index is 10.7. The standard InChI is InChI=1S/C10H13N3O3/c11-8-7(10(14)15)4-12-9(13-8)6-2-1-3-16-5-6/h4,6H,1-3,5H2,(H,14,15)(H2,11,12,13). The molecule has 6 heteroatoms. The van der Waals surface area contributed by atoms with Crippen molar-refractivity contribution in [2.45, 2.75) is 18.8 Å². The van der Waals surface area contributed by atoms with Gasteiger partial charge in [0.15, 0.2) is 0 Å². The van der Waals surface area contributed by atoms with Gasteiger partial charge in [0.1, 0.15) is 17.2 Å². The van der Waals surface area contributed by atoms with E-state index in [4.69, 9.17) is 15.6 Å². The van der Waals surface area contributed by atoms with Crippen molar-refractivity contribution < 1.29 is 14.6 Å². The second-order valence-electron chi connectivity index (χ2n) is 3.75. The van der Waals surface area contributed by atoms with Crippen LogP contribution in [0.15, 0.2) is 6.20 Å². The van der Waals surface area contributed by atoms with Crippen LogP contribution in [0.2, 0.25) is 0 Å². The molecule has 16 heavy (non-hydrogen) atoms. The van der Waals surface area contributed by atoms with Gasteiger partial charge in [-0.2, -0.15) is 0 Å². The van der Waals surface area contributed by atoms with Gasteiger partial charge in [0.25, 0.3) is 0 Å². The minimum absolute atomic E-state index is 0.0167. The summed E-state index contributed by atoms with van der Waals surface area (Å²) in [5.74, 6) is -0.395. The van der Waals surface area contributed by atoms with Crippen LogP contribution in [0.3, 0.4) is 0 Å². The van der Waals surface area contributed by atoms with Crippen molar-refractivity contribution >= 4 is 11.8 Å². The lowest BCUT2D eigenvalue weighted by Gasteiger charge is -2.20. The van der Waals surface area contributed by atoms with Gasteiger partial charge in [-0.3, -0.25) is 0 Å². The number of aromatic nitrogens is 2. The first-order valence-corrected chi connectivity index (χ1v) is 5.12. The molecule has 2 heterocycles. The number of carboxylic acid groups (broad SMARTS) is 1. The van der Waals surface area contributed by atoms with Crippen LogP contribution in [-0.2, 0) is 4.74 Å². The van der Waals surface area contributed by atoms with Gasteiger partial charge in [-0.15, -0.1) is 0 Å². The van der Waals surface area contributed by atoms with E-state index in [0.717, 1.165) is 19.4 Å². The van der Waals surface area contributed by atoms with Crippen molar-refractivity contribution in [3.63, 3.8) is 0 Å². The number of carbonyl (C=O) groups is 1. The van der Waals surface area contributed by atoms with Gasteiger partial charge in [0.2, 0.25) is 0 Å². The Kier molecular flexibility index (Phi) is 3.00. The molecule has 1 saturated heterocycles. The Morgan fingerprint density at radius 1 is 1.62 bits per heavy atom. The number of hydrogen-bond acceptors (Lipinski definition) is 5. The highest BCUT2D eigenvalue weighted by Gasteiger charge is 2.20. The Morgan fingerprint density at radius 2 is 2.44 bits per heavy atom. The van der Waals surface area contributed by atoms with Crippen molar-refractivity contribution in [1.29, 1.82) is 0 Å². The summed E-state index contributed by atoms with van der Waals surface area (Å²) in [5.41, 5.74) is 5.50. The maximum Gasteiger partial charge on any atom is 0.341 e. The molecule has 1 unspecified atom stereocenters. The summed E-state index contributed by atoms with van der Waals surface area (Å²) < 4.78 is 5.32. The molecule has 6 nitrogen and oxygen atoms in total. The number of aromatic carboxylic acids is 1. The van der Waals surface area contributed by atoms with E-state index in [9.17, 15) is 4.79 Å². The molecule has 0 spiro atoms. The zero-order valence-corrected chi connectivity index (χ0v) is 8.72. The van der Waals surface area contributed by atoms with Gasteiger partial charge in [0, 0.05) is 18.7 Å². The lowest BCUT2D eigenvalue weighted by Crippen LogP contribution is -2.19. The molecule has 1 fully saturated rings. The predicted octanol–water partition coefficient (Wildman–Crippen LogP) is 0.651. The van der Waals surface area contributed by atoms with Crippen LogP contribution in [0.1, 0.15) is 34.9 Å². The number of anilines is 1. The van der Waals surface area contributed by atoms with Crippen molar-refractivity contribution in [3.05, 3.63) is 17.6 Å². The fraction of sp³-hybridized carbons (Fsp3) is 0.500. The molecule has 1 aliphatic rings. The normalized spacial score (nSPS) is 20.6. The molecule has 1 aromatic rings. The summed E-state index contributed by atoms with van der Waals surface area (Å²) >= 11 is 0. The third-order valence-electron chi connectivity index (χ3n) is 2.59. The van der Waals surface area contributed by atoms with Crippen LogP contribution in [0.4, 0.5) is 5.82 Å². The van der Waals surface area contributed by atoms with E-state index >= 15 is 0 Å². The van der Waals surface area contributed by atoms with E-state index in [2.05, 4.69) is 9.97 Å². The zero-order chi connectivity index (χ0) is 11.5. The van der Waals surface area contributed by atoms with E-state index in [1.54, 1.807) is 0 Å². The van der Waals surface area contributed by atoms with Crippen molar-refractivity contribution in [2.24, 2.45) is 0 Å². The molecular formula is C10H13N3O3. The first-order chi connectivity index (χ1) is 7.68. The summed E-state index contributed by atoms with van der Waals surface area (Å²) in [5, 5.41) is 8.78. The summed E-state index contributed by atoms with van der Waals surface area (Å²) in [6.07, 6.45) is 3.18. The Morgan fingerprint density at radius 3 is 3.00 bits per heavy atom. The first-order valence-electron chi connectivity index (χ1n) is 5.12. The van der Waals surface area contributed by atoms with E-state index < -0.39 is 5.97 Å². The van der Waals surface area contributed by atoms with Gasteiger partial charge < -0.3 is 15.6 Å². The second-order valence-corrected chi connectivity index (χ2v) is 3.75. The van der Waals surface area contributed by atoms with Crippen LogP contribution in [0, 0.1) is 0 Å². The van der Waals surface area contributed by atoms with Gasteiger partial charge >= 0.3 is 5.97 Å². The summed E-state index contributed by atoms with van der Waals surface area (Å²) in [6, 6.07) is 0. The summed E-state index contributed by atoms with van der Waals surface area (Å²) in [6.45, 7) is 1.34. The molecule has 0 amide bonds. The Balaban J connectivity index is 2.23. The van der Waals surface area contributed by atoms with E-state index in [-0.39, 0.29) is 17.3 Å². The molecule has 0 aliphatic carbocycles. The Hall–Kier alpha value is -1.69. The van der Waals surface area contributed by atoms with Crippen molar-refractivity contribution in [3.8, 4) is 0 Å². The Bertz CT molecular complexity index is 402. The number of nitrogen functional groups attached to an aromatic ring is 1. The van der Waals surface area contributed by atoms with Crippen LogP contribution < -0.4 is 5.73 Å². The number of ether oxygens (including phenoxy) is 1. The Labute approximate surface area is 92.5 Å². The smallest absolute Gasteiger partial charge is 0.341 e. The van der Waals surface area contributed by atoms with Crippen LogP contribution in [-0.4, -0.2) is 34.3 Å². The van der Waals surface area contributed by atoms with Gasteiger partial charge in [0.05, 0.1) is 6.61 Å². The fourth-order valence-electron chi connectivity index (χ4n) is 1.72. The van der Waals surface area contributed by atoms with Crippen molar-refractivity contribution in [1.82, 2.24) is 9.97 Å². The molecule has 0 saturated carbocycles. The summed E-state index contributed by atoms with van der Waals surface area (Å²) in [7, 11) is 0. The molecule has 1 aromatic heterocycles. The number of carboxylic acids is 1. The highest BCUT2D eigenvalue weighted by Crippen LogP contribution is 2.23. The largest absolute Gasteiger partial charge is 0.477 e. The third kappa shape index (κ3) is 2.11. The van der Waals surface area contributed by atoms with Crippen LogP contribution >= 0.6 is 0 Å². The molecule has 3 N–H and O–H groups in total. The number of hydrogen-bond donors (Lipinski definition) is 2. The second kappa shape index (κ2) is 4.44. The van der Waals surface area contributed by atoms with Gasteiger partial charge in [-0.1, -0.05) is 0 Å². The lowest BCUT2D eigenvalue weighted by atomic mass is 10.0. The monoisotopic (exact) mass is 223 g/mol. The molecule has 2 rings (SSSR count). The molecule has 1 aliphatic heterocycles. The maximum atomic E-state index is 10.7. The third-order valence-corrected chi connectivity index (χ3v) is 2.59. The van der Waals surface area contributed by atoms with Crippen molar-refractivity contribution in [2.75, 3.05) is 18.9 Å². The lowest BCUT2D eigenvalue weighted by molar-refractivity contribution is 0.0696. The quantitative estimate of drug-likeness (QED) is 0.763. The highest BCUT2D eigenvalue weighted by atomic mass is 16.5. The van der Waals surface area contributed by atoms with E-state index in [0.29, 0.717) is 12.4 Å². The molecule has 0 aromatic carbocycles. The molecule has 0 bridgehead atoms. The topological polar surface area (TPSA) is 98.3 Å². The predicted molar refractivity (Wildman–Crippen MR) is 56.2 cm³/mol. The van der Waals surface area contributed by atoms with Gasteiger partial charge in [-0.05, 0) is 12.8 Å². The number of nitrogens with zero attached hydrogens (tertiary/aromatic N) is 2. The first kappa shape index (κ1) is 10.8. The average Bonchev–Trinajstić information content (AvgIpc) is 2.29. The van der Waals surface area contributed by atoms with Crippen LogP contribution in [0.25, 0.3) is 0 Å². The molecular weight excluding hydrogens is 210 g/mol. The molecule has 0 radical (unpaired) electrons. The SMILES string of the molecule is Nc1nc(C2CCCOC2)ncc1C(=O)O. The zero-order valence-electron chi connectivity index (χ0n) is 8.72. The van der Waals surface area contributed by atoms with Crippen LogP contribution in [0.5, 0.6) is 0 Å². The average molecular weight is 223 g/mol. The fourth-order valence-corrected chi connectivity index (χ4v) is 1.72. The minimum atomic E-state index is -1.11.